The van der Waals surface area contributed by atoms with Crippen LogP contribution in [0.3, 0.4) is 0 Å². The van der Waals surface area contributed by atoms with Gasteiger partial charge in [-0.25, -0.2) is 0 Å². The van der Waals surface area contributed by atoms with Crippen LogP contribution >= 0.6 is 0 Å². The summed E-state index contributed by atoms with van der Waals surface area (Å²) in [5.74, 6) is 3.27. The lowest BCUT2D eigenvalue weighted by Crippen LogP contribution is -2.13. The molecule has 1 fully saturated rings. The Morgan fingerprint density at radius 2 is 1.30 bits per heavy atom. The van der Waals surface area contributed by atoms with Crippen molar-refractivity contribution in [2.45, 2.75) is 54.4 Å². The highest BCUT2D eigenvalue weighted by atomic mass is 16.5. The molecule has 1 saturated carbocycles. The van der Waals surface area contributed by atoms with Crippen LogP contribution in [0.4, 0.5) is 11.4 Å². The summed E-state index contributed by atoms with van der Waals surface area (Å²) in [6.07, 6.45) is 2.00. The van der Waals surface area contributed by atoms with Crippen molar-refractivity contribution in [3.63, 3.8) is 0 Å². The molecule has 0 heterocycles. The first-order chi connectivity index (χ1) is 15.8. The largest absolute Gasteiger partial charge is 0.490 e. The van der Waals surface area contributed by atoms with Gasteiger partial charge in [-0.3, -0.25) is 4.79 Å². The number of benzene rings is 2. The van der Waals surface area contributed by atoms with Crippen LogP contribution < -0.4 is 30.0 Å². The van der Waals surface area contributed by atoms with Gasteiger partial charge in [0.2, 0.25) is 5.91 Å². The van der Waals surface area contributed by atoms with Crippen LogP contribution in [0.15, 0.2) is 24.3 Å². The summed E-state index contributed by atoms with van der Waals surface area (Å²) in [4.78, 5) is 11.8. The van der Waals surface area contributed by atoms with E-state index in [1.165, 1.54) is 0 Å². The number of hydrogen-bond acceptors (Lipinski definition) is 6. The second kappa shape index (κ2) is 12.8. The van der Waals surface area contributed by atoms with E-state index in [0.29, 0.717) is 37.9 Å². The highest BCUT2D eigenvalue weighted by Crippen LogP contribution is 2.36. The lowest BCUT2D eigenvalue weighted by atomic mass is 10.1. The minimum absolute atomic E-state index is 0.103. The monoisotopic (exact) mass is 458 g/mol. The van der Waals surface area contributed by atoms with Crippen LogP contribution in [0, 0.1) is 19.8 Å². The Bertz CT molecular complexity index is 925. The van der Waals surface area contributed by atoms with Crippen molar-refractivity contribution in [3.8, 4) is 23.0 Å². The first kappa shape index (κ1) is 26.2. The molecule has 3 N–H and O–H groups in total. The summed E-state index contributed by atoms with van der Waals surface area (Å²) in [6.45, 7) is 14.1. The lowest BCUT2D eigenvalue weighted by molar-refractivity contribution is -0.117. The third-order valence-corrected chi connectivity index (χ3v) is 4.90. The van der Waals surface area contributed by atoms with Gasteiger partial charge in [0, 0.05) is 29.4 Å². The van der Waals surface area contributed by atoms with E-state index >= 15 is 0 Å². The number of nitrogens with one attached hydrogen (secondary N) is 1. The molecule has 1 amide bonds. The third-order valence-electron chi connectivity index (χ3n) is 4.90. The summed E-state index contributed by atoms with van der Waals surface area (Å²) in [7, 11) is 0. The van der Waals surface area contributed by atoms with Crippen molar-refractivity contribution in [2.24, 2.45) is 5.92 Å². The number of anilines is 2. The Morgan fingerprint density at radius 3 is 1.79 bits per heavy atom. The molecule has 0 saturated heterocycles. The number of aryl methyl sites for hydroxylation is 2. The summed E-state index contributed by atoms with van der Waals surface area (Å²) in [6, 6.07) is 7.44. The summed E-state index contributed by atoms with van der Waals surface area (Å²) < 4.78 is 22.1. The van der Waals surface area contributed by atoms with E-state index in [1.807, 2.05) is 59.7 Å². The van der Waals surface area contributed by atoms with E-state index in [4.69, 9.17) is 24.7 Å². The van der Waals surface area contributed by atoms with E-state index in [1.54, 1.807) is 6.07 Å². The van der Waals surface area contributed by atoms with Gasteiger partial charge in [-0.15, -0.1) is 0 Å². The molecule has 0 bridgehead atoms. The zero-order valence-corrected chi connectivity index (χ0v) is 20.7. The highest BCUT2D eigenvalue weighted by molar-refractivity contribution is 5.94. The fourth-order valence-corrected chi connectivity index (χ4v) is 3.36. The van der Waals surface area contributed by atoms with E-state index in [2.05, 4.69) is 5.32 Å². The van der Waals surface area contributed by atoms with Gasteiger partial charge in [0.25, 0.3) is 0 Å². The van der Waals surface area contributed by atoms with Gasteiger partial charge >= 0.3 is 0 Å². The molecule has 0 aliphatic heterocycles. The smallest absolute Gasteiger partial charge is 0.227 e. The molecule has 0 atom stereocenters. The van der Waals surface area contributed by atoms with Gasteiger partial charge in [-0.05, 0) is 77.6 Å². The number of nitrogen functional groups attached to an aromatic ring is 1. The molecule has 7 heteroatoms. The van der Waals surface area contributed by atoms with Crippen LogP contribution in [-0.2, 0) is 4.79 Å². The van der Waals surface area contributed by atoms with Gasteiger partial charge in [-0.2, -0.15) is 0 Å². The second-order valence-electron chi connectivity index (χ2n) is 7.78. The molecule has 0 radical (unpaired) electrons. The SMILES string of the molecule is CCOc1cc(N)cc(C)c1OCC.CCOc1cc(NC(=O)C2CC2)cc(C)c1OCC. The quantitative estimate of drug-likeness (QED) is 0.456. The van der Waals surface area contributed by atoms with Crippen LogP contribution in [0.25, 0.3) is 0 Å². The molecule has 1 aliphatic rings. The highest BCUT2D eigenvalue weighted by Gasteiger charge is 2.29. The number of hydrogen-bond donors (Lipinski definition) is 2. The van der Waals surface area contributed by atoms with Crippen LogP contribution in [0.5, 0.6) is 23.0 Å². The van der Waals surface area contributed by atoms with Crippen molar-refractivity contribution >= 4 is 17.3 Å². The maximum atomic E-state index is 11.8. The number of rotatable bonds is 10. The molecular formula is C26H38N2O5. The molecule has 3 rings (SSSR count). The third kappa shape index (κ3) is 7.77. The molecule has 1 aliphatic carbocycles. The van der Waals surface area contributed by atoms with Gasteiger partial charge < -0.3 is 30.0 Å². The number of nitrogens with two attached hydrogens (primary N) is 1. The zero-order valence-electron chi connectivity index (χ0n) is 20.7. The average Bonchev–Trinajstić information content (AvgIpc) is 3.60. The van der Waals surface area contributed by atoms with Crippen molar-refractivity contribution < 1.29 is 23.7 Å². The first-order valence-corrected chi connectivity index (χ1v) is 11.7. The van der Waals surface area contributed by atoms with Crippen molar-refractivity contribution in [1.29, 1.82) is 0 Å². The molecule has 0 aromatic heterocycles. The van der Waals surface area contributed by atoms with Crippen molar-refractivity contribution in [2.75, 3.05) is 37.5 Å². The second-order valence-corrected chi connectivity index (χ2v) is 7.78. The van der Waals surface area contributed by atoms with E-state index < -0.39 is 0 Å². The fraction of sp³-hybridized carbons (Fsp3) is 0.500. The minimum atomic E-state index is 0.103. The predicted molar refractivity (Wildman–Crippen MR) is 133 cm³/mol. The van der Waals surface area contributed by atoms with E-state index in [-0.39, 0.29) is 11.8 Å². The zero-order chi connectivity index (χ0) is 24.4. The first-order valence-electron chi connectivity index (χ1n) is 11.7. The van der Waals surface area contributed by atoms with Crippen molar-refractivity contribution in [3.05, 3.63) is 35.4 Å². The Hall–Kier alpha value is -3.09. The molecule has 2 aromatic carbocycles. The molecule has 0 spiro atoms. The molecule has 182 valence electrons. The van der Waals surface area contributed by atoms with Crippen molar-refractivity contribution in [1.82, 2.24) is 0 Å². The van der Waals surface area contributed by atoms with E-state index in [9.17, 15) is 4.79 Å². The maximum Gasteiger partial charge on any atom is 0.227 e. The molecule has 33 heavy (non-hydrogen) atoms. The Kier molecular flexibility index (Phi) is 10.2. The number of ether oxygens (including phenoxy) is 4. The topological polar surface area (TPSA) is 92.0 Å². The maximum absolute atomic E-state index is 11.8. The van der Waals surface area contributed by atoms with Gasteiger partial charge in [0.1, 0.15) is 0 Å². The Labute approximate surface area is 197 Å². The van der Waals surface area contributed by atoms with Gasteiger partial charge in [-0.1, -0.05) is 0 Å². The summed E-state index contributed by atoms with van der Waals surface area (Å²) >= 11 is 0. The van der Waals surface area contributed by atoms with Crippen LogP contribution in [-0.4, -0.2) is 32.3 Å². The normalized spacial score (nSPS) is 12.3. The molecule has 0 unspecified atom stereocenters. The Balaban J connectivity index is 0.000000245. The number of carbonyl (C=O) groups excluding carboxylic acids is 1. The lowest BCUT2D eigenvalue weighted by Gasteiger charge is -2.15. The average molecular weight is 459 g/mol. The van der Waals surface area contributed by atoms with Crippen LogP contribution in [0.1, 0.15) is 51.7 Å². The van der Waals surface area contributed by atoms with Gasteiger partial charge in [0.05, 0.1) is 26.4 Å². The molecular weight excluding hydrogens is 420 g/mol. The Morgan fingerprint density at radius 1 is 0.818 bits per heavy atom. The predicted octanol–water partition coefficient (Wildman–Crippen LogP) is 5.52. The standard InChI is InChI=1S/C15H21NO3.C11H17NO2/c1-4-18-13-9-12(16-15(17)11-6-7-11)8-10(3)14(13)19-5-2;1-4-13-10-7-9(12)6-8(3)11(10)14-5-2/h8-9,11H,4-7H2,1-3H3,(H,16,17);6-7H,4-5,12H2,1-3H3. The minimum Gasteiger partial charge on any atom is -0.490 e. The number of amides is 1. The fourth-order valence-electron chi connectivity index (χ4n) is 3.36. The summed E-state index contributed by atoms with van der Waals surface area (Å²) in [5, 5.41) is 2.94. The van der Waals surface area contributed by atoms with Crippen LogP contribution in [0.2, 0.25) is 0 Å². The number of carbonyl (C=O) groups is 1. The molecule has 7 nitrogen and oxygen atoms in total. The summed E-state index contributed by atoms with van der Waals surface area (Å²) in [5.41, 5.74) is 9.18. The molecule has 2 aromatic rings. The van der Waals surface area contributed by atoms with Gasteiger partial charge in [0.15, 0.2) is 23.0 Å². The van der Waals surface area contributed by atoms with E-state index in [0.717, 1.165) is 46.9 Å².